The number of nitrogens with zero attached hydrogens (tertiary/aromatic N) is 7. The first-order chi connectivity index (χ1) is 20.1. The normalized spacial score (nSPS) is 11.4. The van der Waals surface area contributed by atoms with Crippen LogP contribution in [0.5, 0.6) is 0 Å². The maximum Gasteiger partial charge on any atom is 0.225 e. The van der Waals surface area contributed by atoms with Gasteiger partial charge in [0.15, 0.2) is 17.2 Å². The molecule has 2 aromatic carbocycles. The van der Waals surface area contributed by atoms with E-state index in [9.17, 15) is 10.3 Å². The first kappa shape index (κ1) is 26.3. The third kappa shape index (κ3) is 5.05. The van der Waals surface area contributed by atoms with Crippen LogP contribution in [0.1, 0.15) is 42.5 Å². The van der Waals surface area contributed by atoms with Crippen LogP contribution in [-0.2, 0) is 19.6 Å². The van der Waals surface area contributed by atoms with Crippen LogP contribution in [0, 0.1) is 12.1 Å². The van der Waals surface area contributed by atoms with Crippen LogP contribution in [0.25, 0.3) is 44.9 Å². The van der Waals surface area contributed by atoms with Gasteiger partial charge in [-0.3, -0.25) is 0 Å². The fourth-order valence-corrected chi connectivity index (χ4v) is 5.16. The smallest absolute Gasteiger partial charge is 0.225 e. The van der Waals surface area contributed by atoms with E-state index in [0.29, 0.717) is 46.2 Å². The molecule has 0 aliphatic rings. The van der Waals surface area contributed by atoms with Gasteiger partial charge in [-0.2, -0.15) is 4.73 Å². The number of tetrazole rings is 1. The molecule has 0 aliphatic carbocycles. The predicted octanol–water partition coefficient (Wildman–Crippen LogP) is 4.77. The zero-order valence-electron chi connectivity index (χ0n) is 22.9. The summed E-state index contributed by atoms with van der Waals surface area (Å²) < 4.78 is 2.99. The van der Waals surface area contributed by atoms with Crippen LogP contribution in [-0.4, -0.2) is 40.3 Å². The Hall–Kier alpha value is -4.96. The van der Waals surface area contributed by atoms with Crippen molar-refractivity contribution in [2.45, 2.75) is 46.3 Å². The van der Waals surface area contributed by atoms with Crippen molar-refractivity contribution in [3.8, 4) is 33.8 Å². The highest BCUT2D eigenvalue weighted by Gasteiger charge is 2.21. The molecule has 41 heavy (non-hydrogen) atoms. The minimum Gasteiger partial charge on any atom is -0.618 e. The molecule has 0 amide bonds. The number of nitrogens with one attached hydrogen (secondary N) is 1. The fraction of sp³-hybridized carbons (Fsp3) is 0.226. The molecule has 0 saturated heterocycles. The van der Waals surface area contributed by atoms with Gasteiger partial charge in [0.25, 0.3) is 0 Å². The van der Waals surface area contributed by atoms with Gasteiger partial charge < -0.3 is 14.9 Å². The number of unbranched alkanes of at least 4 members (excludes halogenated alkanes) is 1. The second kappa shape index (κ2) is 11.3. The maximum absolute atomic E-state index is 12.8. The molecule has 0 saturated carbocycles. The number of aliphatic hydroxyl groups excluding tert-OH is 1. The average Bonchev–Trinajstić information content (AvgIpc) is 3.66. The van der Waals surface area contributed by atoms with Crippen molar-refractivity contribution in [3.05, 3.63) is 101 Å². The molecule has 10 heteroatoms. The van der Waals surface area contributed by atoms with Crippen molar-refractivity contribution in [1.82, 2.24) is 35.2 Å². The predicted molar refractivity (Wildman–Crippen MR) is 155 cm³/mol. The van der Waals surface area contributed by atoms with E-state index in [0.717, 1.165) is 52.1 Å². The van der Waals surface area contributed by atoms with Crippen molar-refractivity contribution in [3.63, 3.8) is 0 Å². The number of aryl methyl sites for hydroxylation is 2. The van der Waals surface area contributed by atoms with Gasteiger partial charge >= 0.3 is 0 Å². The highest BCUT2D eigenvalue weighted by atomic mass is 16.5. The molecule has 0 radical (unpaired) electrons. The lowest BCUT2D eigenvalue weighted by molar-refractivity contribution is -0.600. The van der Waals surface area contributed by atoms with Gasteiger partial charge in [0.2, 0.25) is 5.69 Å². The van der Waals surface area contributed by atoms with E-state index in [1.165, 1.54) is 0 Å². The van der Waals surface area contributed by atoms with E-state index in [-0.39, 0.29) is 6.61 Å². The van der Waals surface area contributed by atoms with E-state index in [2.05, 4.69) is 62.4 Å². The van der Waals surface area contributed by atoms with E-state index >= 15 is 0 Å². The summed E-state index contributed by atoms with van der Waals surface area (Å²) in [4.78, 5) is 9.80. The van der Waals surface area contributed by atoms with Gasteiger partial charge in [0, 0.05) is 31.0 Å². The lowest BCUT2D eigenvalue weighted by Gasteiger charge is -2.12. The lowest BCUT2D eigenvalue weighted by atomic mass is 9.98. The Balaban J connectivity index is 1.39. The largest absolute Gasteiger partial charge is 0.618 e. The number of pyridine rings is 2. The Morgan fingerprint density at radius 2 is 1.76 bits per heavy atom. The Bertz CT molecular complexity index is 1810. The van der Waals surface area contributed by atoms with Gasteiger partial charge in [0.1, 0.15) is 11.3 Å². The number of hydrogen-bond donors (Lipinski definition) is 2. The Labute approximate surface area is 237 Å². The van der Waals surface area contributed by atoms with Crippen molar-refractivity contribution in [1.29, 1.82) is 0 Å². The van der Waals surface area contributed by atoms with Crippen LogP contribution >= 0.6 is 0 Å². The number of aromatic amines is 1. The van der Waals surface area contributed by atoms with Crippen molar-refractivity contribution < 1.29 is 9.84 Å². The summed E-state index contributed by atoms with van der Waals surface area (Å²) in [6.07, 6.45) is 2.84. The van der Waals surface area contributed by atoms with Gasteiger partial charge in [-0.25, -0.2) is 15.1 Å². The number of aromatic nitrogens is 8. The van der Waals surface area contributed by atoms with E-state index in [1.54, 1.807) is 19.1 Å². The molecule has 0 spiro atoms. The second-order valence-electron chi connectivity index (χ2n) is 10.0. The van der Waals surface area contributed by atoms with Gasteiger partial charge in [-0.15, -0.1) is 5.10 Å². The maximum atomic E-state index is 12.8. The number of fused-ring (bicyclic) bond motifs is 1. The lowest BCUT2D eigenvalue weighted by Crippen LogP contribution is -2.32. The van der Waals surface area contributed by atoms with Gasteiger partial charge in [-0.1, -0.05) is 61.9 Å². The number of imidazole rings is 1. The summed E-state index contributed by atoms with van der Waals surface area (Å²) in [5.41, 5.74) is 7.57. The molecule has 0 fully saturated rings. The molecule has 6 aromatic rings. The molecule has 0 bridgehead atoms. The van der Waals surface area contributed by atoms with Crippen LogP contribution in [0.4, 0.5) is 0 Å². The summed E-state index contributed by atoms with van der Waals surface area (Å²) in [5.74, 6) is 1.55. The second-order valence-corrected chi connectivity index (χ2v) is 10.0. The highest BCUT2D eigenvalue weighted by Crippen LogP contribution is 2.31. The Morgan fingerprint density at radius 1 is 0.951 bits per heavy atom. The standard InChI is InChI=1S/C31H30N8O2/c1-3-4-12-29-32-26-17-25(28-11-7-8-20(2)39(28)41)27(19-40)33-31(26)38(29)18-21-13-15-22(16-14-21)23-9-5-6-10-24(23)30-34-36-37-35-30/h5-11,13-17,40H,3-4,12,18-19H2,1-2H3,(H,34,35,36,37). The number of benzene rings is 2. The monoisotopic (exact) mass is 546 g/mol. The third-order valence-electron chi connectivity index (χ3n) is 7.32. The van der Waals surface area contributed by atoms with Crippen molar-refractivity contribution in [2.75, 3.05) is 0 Å². The molecule has 4 heterocycles. The Kier molecular flexibility index (Phi) is 7.22. The summed E-state index contributed by atoms with van der Waals surface area (Å²) in [6.45, 7) is 4.20. The zero-order valence-corrected chi connectivity index (χ0v) is 22.9. The Morgan fingerprint density at radius 3 is 2.49 bits per heavy atom. The minimum atomic E-state index is -0.288. The first-order valence-electron chi connectivity index (χ1n) is 13.7. The minimum absolute atomic E-state index is 0.288. The number of hydrogen-bond acceptors (Lipinski definition) is 7. The van der Waals surface area contributed by atoms with E-state index in [4.69, 9.17) is 9.97 Å². The number of rotatable bonds is 9. The summed E-state index contributed by atoms with van der Waals surface area (Å²) >= 11 is 0. The molecular weight excluding hydrogens is 516 g/mol. The van der Waals surface area contributed by atoms with Gasteiger partial charge in [0.05, 0.1) is 24.4 Å². The molecule has 10 nitrogen and oxygen atoms in total. The quantitative estimate of drug-likeness (QED) is 0.197. The van der Waals surface area contributed by atoms with Crippen molar-refractivity contribution in [2.24, 2.45) is 0 Å². The van der Waals surface area contributed by atoms with Crippen LogP contribution in [0.15, 0.2) is 72.8 Å². The summed E-state index contributed by atoms with van der Waals surface area (Å²) in [5, 5.41) is 37.4. The van der Waals surface area contributed by atoms with Crippen LogP contribution in [0.2, 0.25) is 0 Å². The van der Waals surface area contributed by atoms with Gasteiger partial charge in [-0.05, 0) is 45.7 Å². The molecule has 0 aliphatic heterocycles. The molecule has 0 unspecified atom stereocenters. The zero-order chi connectivity index (χ0) is 28.3. The summed E-state index contributed by atoms with van der Waals surface area (Å²) in [7, 11) is 0. The number of H-pyrrole nitrogens is 1. The highest BCUT2D eigenvalue weighted by molar-refractivity contribution is 5.81. The SMILES string of the molecule is CCCCc1nc2cc(-c3cccc(C)[n+]3[O-])c(CO)nc2n1Cc1ccc(-c2ccccc2-c2nnn[nH]2)cc1. The first-order valence-corrected chi connectivity index (χ1v) is 13.7. The third-order valence-corrected chi connectivity index (χ3v) is 7.32. The summed E-state index contributed by atoms with van der Waals surface area (Å²) in [6, 6.07) is 23.6. The average molecular weight is 547 g/mol. The van der Waals surface area contributed by atoms with Crippen LogP contribution in [0.3, 0.4) is 0 Å². The molecule has 0 atom stereocenters. The molecular formula is C31H30N8O2. The van der Waals surface area contributed by atoms with Crippen molar-refractivity contribution >= 4 is 11.2 Å². The topological polar surface area (TPSA) is 132 Å². The molecule has 2 N–H and O–H groups in total. The molecule has 4 aromatic heterocycles. The van der Waals surface area contributed by atoms with E-state index < -0.39 is 0 Å². The molecule has 6 rings (SSSR count). The fourth-order valence-electron chi connectivity index (χ4n) is 5.16. The molecule has 206 valence electrons. The van der Waals surface area contributed by atoms with Crippen LogP contribution < -0.4 is 4.73 Å². The van der Waals surface area contributed by atoms with E-state index in [1.807, 2.05) is 30.3 Å². The number of aliphatic hydroxyl groups is 1.